The fourth-order valence-electron chi connectivity index (χ4n) is 1.58. The van der Waals surface area contributed by atoms with Crippen molar-refractivity contribution in [3.05, 3.63) is 15.3 Å². The molecule has 1 aliphatic rings. The minimum atomic E-state index is -0.180. The molecule has 1 aromatic heterocycles. The van der Waals surface area contributed by atoms with Gasteiger partial charge in [-0.05, 0) is 25.1 Å². The lowest BCUT2D eigenvalue weighted by atomic mass is 10.1. The monoisotopic (exact) mass is 201 g/mol. The number of rotatable bonds is 1. The first-order valence-corrected chi connectivity index (χ1v) is 4.67. The Morgan fingerprint density at radius 2 is 2.38 bits per heavy atom. The number of aromatic nitrogens is 3. The molecule has 2 heterocycles. The largest absolute Gasteiger partial charge is 0.379 e. The lowest BCUT2D eigenvalue weighted by molar-refractivity contribution is 0.0576. The molecule has 13 heavy (non-hydrogen) atoms. The molecule has 0 spiro atoms. The first-order chi connectivity index (χ1) is 6.29. The summed E-state index contributed by atoms with van der Waals surface area (Å²) in [6.07, 6.45) is 1.94. The SMILES string of the molecule is O=c1[nH][nH]c(=S)n1C1CCCOC1. The summed E-state index contributed by atoms with van der Waals surface area (Å²) in [4.78, 5) is 11.3. The van der Waals surface area contributed by atoms with Crippen molar-refractivity contribution in [2.24, 2.45) is 0 Å². The Bertz CT molecular complexity index is 357. The van der Waals surface area contributed by atoms with Gasteiger partial charge in [0.05, 0.1) is 12.6 Å². The summed E-state index contributed by atoms with van der Waals surface area (Å²) in [5.41, 5.74) is -0.180. The van der Waals surface area contributed by atoms with Crippen LogP contribution in [0.4, 0.5) is 0 Å². The predicted octanol–water partition coefficient (Wildman–Crippen LogP) is 0.585. The molecular weight excluding hydrogens is 190 g/mol. The molecule has 1 atom stereocenters. The van der Waals surface area contributed by atoms with Gasteiger partial charge < -0.3 is 4.74 Å². The van der Waals surface area contributed by atoms with Crippen LogP contribution in [0.3, 0.4) is 0 Å². The predicted molar refractivity (Wildman–Crippen MR) is 49.3 cm³/mol. The van der Waals surface area contributed by atoms with Gasteiger partial charge in [-0.2, -0.15) is 0 Å². The van der Waals surface area contributed by atoms with Crippen LogP contribution >= 0.6 is 12.2 Å². The molecular formula is C7H11N3O2S. The summed E-state index contributed by atoms with van der Waals surface area (Å²) >= 11 is 4.97. The molecule has 0 aliphatic carbocycles. The van der Waals surface area contributed by atoms with Crippen LogP contribution in [0.15, 0.2) is 4.79 Å². The summed E-state index contributed by atoms with van der Waals surface area (Å²) < 4.78 is 7.28. The topological polar surface area (TPSA) is 62.8 Å². The number of H-pyrrole nitrogens is 2. The maximum atomic E-state index is 11.3. The molecule has 1 unspecified atom stereocenters. The molecule has 0 saturated carbocycles. The Kier molecular flexibility index (Phi) is 2.32. The average molecular weight is 201 g/mol. The van der Waals surface area contributed by atoms with Crippen LogP contribution in [0.1, 0.15) is 18.9 Å². The van der Waals surface area contributed by atoms with E-state index in [0.29, 0.717) is 11.4 Å². The molecule has 1 aromatic rings. The summed E-state index contributed by atoms with van der Waals surface area (Å²) in [7, 11) is 0. The van der Waals surface area contributed by atoms with E-state index in [0.717, 1.165) is 19.4 Å². The van der Waals surface area contributed by atoms with E-state index in [1.807, 2.05) is 0 Å². The van der Waals surface area contributed by atoms with Gasteiger partial charge in [0.2, 0.25) is 0 Å². The molecule has 6 heteroatoms. The highest BCUT2D eigenvalue weighted by molar-refractivity contribution is 7.71. The zero-order chi connectivity index (χ0) is 9.26. The van der Waals surface area contributed by atoms with Gasteiger partial charge in [-0.3, -0.25) is 9.67 Å². The summed E-state index contributed by atoms with van der Waals surface area (Å²) in [6.45, 7) is 1.36. The number of nitrogens with one attached hydrogen (secondary N) is 2. The van der Waals surface area contributed by atoms with E-state index in [1.54, 1.807) is 4.57 Å². The number of hydrogen-bond donors (Lipinski definition) is 2. The fraction of sp³-hybridized carbons (Fsp3) is 0.714. The Labute approximate surface area is 79.7 Å². The second-order valence-electron chi connectivity index (χ2n) is 3.10. The number of ether oxygens (including phenoxy) is 1. The van der Waals surface area contributed by atoms with Gasteiger partial charge in [0, 0.05) is 6.61 Å². The van der Waals surface area contributed by atoms with Gasteiger partial charge in [-0.1, -0.05) is 0 Å². The second kappa shape index (κ2) is 3.47. The maximum Gasteiger partial charge on any atom is 0.342 e. The highest BCUT2D eigenvalue weighted by atomic mass is 32.1. The van der Waals surface area contributed by atoms with Crippen LogP contribution in [-0.2, 0) is 4.74 Å². The zero-order valence-electron chi connectivity index (χ0n) is 7.08. The lowest BCUT2D eigenvalue weighted by Crippen LogP contribution is -2.28. The molecule has 0 aromatic carbocycles. The van der Waals surface area contributed by atoms with E-state index in [4.69, 9.17) is 17.0 Å². The Balaban J connectivity index is 2.33. The Hall–Kier alpha value is -0.880. The average Bonchev–Trinajstić information content (AvgIpc) is 2.48. The van der Waals surface area contributed by atoms with E-state index < -0.39 is 0 Å². The number of nitrogens with zero attached hydrogens (tertiary/aromatic N) is 1. The second-order valence-corrected chi connectivity index (χ2v) is 3.49. The number of hydrogen-bond acceptors (Lipinski definition) is 3. The Morgan fingerprint density at radius 1 is 1.54 bits per heavy atom. The molecule has 2 rings (SSSR count). The van der Waals surface area contributed by atoms with E-state index in [2.05, 4.69) is 10.2 Å². The molecule has 2 N–H and O–H groups in total. The smallest absolute Gasteiger partial charge is 0.342 e. The summed E-state index contributed by atoms with van der Waals surface area (Å²) in [6, 6.07) is 0.0937. The quantitative estimate of drug-likeness (QED) is 0.653. The van der Waals surface area contributed by atoms with Gasteiger partial charge >= 0.3 is 5.69 Å². The van der Waals surface area contributed by atoms with Crippen molar-refractivity contribution in [3.63, 3.8) is 0 Å². The van der Waals surface area contributed by atoms with E-state index in [-0.39, 0.29) is 11.7 Å². The first kappa shape index (κ1) is 8.71. The van der Waals surface area contributed by atoms with Gasteiger partial charge in [0.25, 0.3) is 0 Å². The third kappa shape index (κ3) is 1.59. The Morgan fingerprint density at radius 3 is 2.92 bits per heavy atom. The summed E-state index contributed by atoms with van der Waals surface area (Å²) in [5, 5.41) is 5.08. The highest BCUT2D eigenvalue weighted by Gasteiger charge is 2.18. The molecule has 0 amide bonds. The molecule has 1 saturated heterocycles. The molecule has 0 radical (unpaired) electrons. The molecule has 72 valence electrons. The normalized spacial score (nSPS) is 23.2. The van der Waals surface area contributed by atoms with E-state index >= 15 is 0 Å². The van der Waals surface area contributed by atoms with Crippen molar-refractivity contribution in [1.29, 1.82) is 0 Å². The van der Waals surface area contributed by atoms with Gasteiger partial charge in [0.1, 0.15) is 0 Å². The van der Waals surface area contributed by atoms with Gasteiger partial charge in [-0.25, -0.2) is 9.89 Å². The molecule has 1 aliphatic heterocycles. The third-order valence-electron chi connectivity index (χ3n) is 2.22. The number of aromatic amines is 2. The molecule has 5 nitrogen and oxygen atoms in total. The standard InChI is InChI=1S/C7H11N3O2S/c11-6-8-9-7(13)10(6)5-2-1-3-12-4-5/h5H,1-4H2,(H,8,11)(H,9,13). The minimum Gasteiger partial charge on any atom is -0.379 e. The van der Waals surface area contributed by atoms with Crippen molar-refractivity contribution in [1.82, 2.24) is 14.8 Å². The zero-order valence-corrected chi connectivity index (χ0v) is 7.89. The minimum absolute atomic E-state index is 0.0937. The van der Waals surface area contributed by atoms with Crippen molar-refractivity contribution < 1.29 is 4.74 Å². The third-order valence-corrected chi connectivity index (χ3v) is 2.51. The van der Waals surface area contributed by atoms with Gasteiger partial charge in [-0.15, -0.1) is 0 Å². The van der Waals surface area contributed by atoms with Crippen molar-refractivity contribution in [3.8, 4) is 0 Å². The highest BCUT2D eigenvalue weighted by Crippen LogP contribution is 2.17. The van der Waals surface area contributed by atoms with Crippen LogP contribution in [0, 0.1) is 4.77 Å². The summed E-state index contributed by atoms with van der Waals surface area (Å²) in [5.74, 6) is 0. The molecule has 0 bridgehead atoms. The fourth-order valence-corrected chi connectivity index (χ4v) is 1.86. The van der Waals surface area contributed by atoms with Gasteiger partial charge in [0.15, 0.2) is 4.77 Å². The van der Waals surface area contributed by atoms with Crippen LogP contribution in [-0.4, -0.2) is 28.0 Å². The van der Waals surface area contributed by atoms with Crippen molar-refractivity contribution in [2.75, 3.05) is 13.2 Å². The lowest BCUT2D eigenvalue weighted by Gasteiger charge is -2.21. The van der Waals surface area contributed by atoms with E-state index in [1.165, 1.54) is 0 Å². The van der Waals surface area contributed by atoms with Crippen molar-refractivity contribution in [2.45, 2.75) is 18.9 Å². The van der Waals surface area contributed by atoms with Crippen LogP contribution < -0.4 is 5.69 Å². The van der Waals surface area contributed by atoms with E-state index in [9.17, 15) is 4.79 Å². The first-order valence-electron chi connectivity index (χ1n) is 4.26. The van der Waals surface area contributed by atoms with Crippen LogP contribution in [0.2, 0.25) is 0 Å². The molecule has 1 fully saturated rings. The maximum absolute atomic E-state index is 11.3. The van der Waals surface area contributed by atoms with Crippen LogP contribution in [0.5, 0.6) is 0 Å². The van der Waals surface area contributed by atoms with Crippen molar-refractivity contribution >= 4 is 12.2 Å². The van der Waals surface area contributed by atoms with Crippen LogP contribution in [0.25, 0.3) is 0 Å².